The van der Waals surface area contributed by atoms with Gasteiger partial charge in [-0.2, -0.15) is 5.26 Å². The van der Waals surface area contributed by atoms with Crippen molar-refractivity contribution in [3.63, 3.8) is 0 Å². The Labute approximate surface area is 82.5 Å². The molecule has 1 aromatic carbocycles. The predicted molar refractivity (Wildman–Crippen MR) is 53.9 cm³/mol. The van der Waals surface area contributed by atoms with Gasteiger partial charge in [-0.3, -0.25) is 0 Å². The number of thioether (sulfide) groups is 1. The zero-order valence-electron chi connectivity index (χ0n) is 7.92. The Balaban J connectivity index is 3.16. The van der Waals surface area contributed by atoms with Gasteiger partial charge in [0.2, 0.25) is 0 Å². The summed E-state index contributed by atoms with van der Waals surface area (Å²) in [6.07, 6.45) is 0. The molecule has 0 heterocycles. The predicted octanol–water partition coefficient (Wildman–Crippen LogP) is 2.89. The lowest BCUT2D eigenvalue weighted by Crippen LogP contribution is -1.89. The van der Waals surface area contributed by atoms with E-state index in [9.17, 15) is 0 Å². The molecular weight excluding hydrogens is 182 g/mol. The lowest BCUT2D eigenvalue weighted by molar-refractivity contribution is 0.413. The Kier molecular flexibility index (Phi) is 3.21. The Morgan fingerprint density at radius 3 is 2.23 bits per heavy atom. The van der Waals surface area contributed by atoms with Gasteiger partial charge in [0.25, 0.3) is 0 Å². The minimum atomic E-state index is 0.845. The normalized spacial score (nSPS) is 9.38. The second-order valence-electron chi connectivity index (χ2n) is 2.78. The van der Waals surface area contributed by atoms with Crippen LogP contribution in [0.25, 0.3) is 0 Å². The van der Waals surface area contributed by atoms with Gasteiger partial charge in [0.15, 0.2) is 0 Å². The third kappa shape index (κ3) is 2.16. The molecule has 0 atom stereocenters. The van der Waals surface area contributed by atoms with Crippen molar-refractivity contribution >= 4 is 11.8 Å². The van der Waals surface area contributed by atoms with Crippen LogP contribution in [0.2, 0.25) is 0 Å². The molecule has 1 aromatic rings. The van der Waals surface area contributed by atoms with Gasteiger partial charge in [0, 0.05) is 4.90 Å². The van der Waals surface area contributed by atoms with E-state index in [-0.39, 0.29) is 0 Å². The Morgan fingerprint density at radius 2 is 1.85 bits per heavy atom. The maximum Gasteiger partial charge on any atom is 0.138 e. The summed E-state index contributed by atoms with van der Waals surface area (Å²) in [6, 6.07) is 3.87. The van der Waals surface area contributed by atoms with Crippen molar-refractivity contribution < 1.29 is 4.74 Å². The minimum Gasteiger partial charge on any atom is -0.497 e. The molecule has 3 heteroatoms. The zero-order valence-corrected chi connectivity index (χ0v) is 8.73. The van der Waals surface area contributed by atoms with Crippen molar-refractivity contribution in [2.75, 3.05) is 7.11 Å². The van der Waals surface area contributed by atoms with Crippen LogP contribution < -0.4 is 4.74 Å². The smallest absolute Gasteiger partial charge is 0.138 e. The van der Waals surface area contributed by atoms with Gasteiger partial charge >= 0.3 is 0 Å². The molecule has 1 rings (SSSR count). The van der Waals surface area contributed by atoms with Crippen LogP contribution in [0.5, 0.6) is 5.75 Å². The summed E-state index contributed by atoms with van der Waals surface area (Å²) in [6.45, 7) is 3.96. The van der Waals surface area contributed by atoms with Gasteiger partial charge in [-0.25, -0.2) is 0 Å². The zero-order chi connectivity index (χ0) is 9.84. The second kappa shape index (κ2) is 4.20. The molecule has 0 aliphatic heterocycles. The van der Waals surface area contributed by atoms with Crippen molar-refractivity contribution in [2.45, 2.75) is 18.7 Å². The molecular formula is C10H11NOS. The second-order valence-corrected chi connectivity index (χ2v) is 3.58. The first-order valence-corrected chi connectivity index (χ1v) is 4.72. The first kappa shape index (κ1) is 9.94. The van der Waals surface area contributed by atoms with E-state index in [4.69, 9.17) is 10.00 Å². The van der Waals surface area contributed by atoms with Crippen molar-refractivity contribution in [2.24, 2.45) is 0 Å². The van der Waals surface area contributed by atoms with E-state index in [2.05, 4.69) is 5.40 Å². The maximum absolute atomic E-state index is 8.58. The van der Waals surface area contributed by atoms with Crippen molar-refractivity contribution in [1.82, 2.24) is 0 Å². The van der Waals surface area contributed by atoms with E-state index in [0.717, 1.165) is 21.8 Å². The Morgan fingerprint density at radius 1 is 1.31 bits per heavy atom. The number of aryl methyl sites for hydroxylation is 2. The van der Waals surface area contributed by atoms with Gasteiger partial charge in [0.1, 0.15) is 11.2 Å². The highest BCUT2D eigenvalue weighted by atomic mass is 32.2. The molecule has 0 bridgehead atoms. The number of thiocyanates is 1. The fraction of sp³-hybridized carbons (Fsp3) is 0.300. The summed E-state index contributed by atoms with van der Waals surface area (Å²) >= 11 is 1.20. The molecule has 0 aliphatic carbocycles. The van der Waals surface area contributed by atoms with Gasteiger partial charge in [0.05, 0.1) is 7.11 Å². The van der Waals surface area contributed by atoms with Gasteiger partial charge in [-0.05, 0) is 48.9 Å². The fourth-order valence-corrected chi connectivity index (χ4v) is 1.77. The summed E-state index contributed by atoms with van der Waals surface area (Å²) in [5, 5.41) is 10.7. The number of methoxy groups -OCH3 is 1. The number of hydrogen-bond donors (Lipinski definition) is 0. The average molecular weight is 193 g/mol. The molecule has 0 fully saturated rings. The summed E-state index contributed by atoms with van der Waals surface area (Å²) < 4.78 is 5.12. The van der Waals surface area contributed by atoms with Crippen LogP contribution in [0.1, 0.15) is 11.1 Å². The first-order valence-electron chi connectivity index (χ1n) is 3.90. The summed E-state index contributed by atoms with van der Waals surface area (Å²) in [4.78, 5) is 1.03. The minimum absolute atomic E-state index is 0.845. The molecule has 0 aromatic heterocycles. The summed E-state index contributed by atoms with van der Waals surface area (Å²) in [7, 11) is 1.64. The highest BCUT2D eigenvalue weighted by Crippen LogP contribution is 2.29. The lowest BCUT2D eigenvalue weighted by Gasteiger charge is -2.07. The van der Waals surface area contributed by atoms with Crippen LogP contribution in [0, 0.1) is 24.5 Å². The number of ether oxygens (including phenoxy) is 1. The van der Waals surface area contributed by atoms with Gasteiger partial charge < -0.3 is 4.74 Å². The van der Waals surface area contributed by atoms with Crippen molar-refractivity contribution in [1.29, 1.82) is 5.26 Å². The number of hydrogen-bond acceptors (Lipinski definition) is 3. The van der Waals surface area contributed by atoms with Crippen LogP contribution in [0.3, 0.4) is 0 Å². The quantitative estimate of drug-likeness (QED) is 0.535. The fourth-order valence-electron chi connectivity index (χ4n) is 1.24. The molecule has 0 unspecified atom stereocenters. The number of nitriles is 1. The lowest BCUT2D eigenvalue weighted by atomic mass is 10.1. The van der Waals surface area contributed by atoms with E-state index in [1.165, 1.54) is 11.8 Å². The Hall–Kier alpha value is -1.14. The van der Waals surface area contributed by atoms with E-state index < -0.39 is 0 Å². The van der Waals surface area contributed by atoms with E-state index >= 15 is 0 Å². The average Bonchev–Trinajstić information content (AvgIpc) is 2.11. The number of benzene rings is 1. The largest absolute Gasteiger partial charge is 0.497 e. The summed E-state index contributed by atoms with van der Waals surface area (Å²) in [5.41, 5.74) is 2.17. The van der Waals surface area contributed by atoms with Gasteiger partial charge in [-0.1, -0.05) is 0 Å². The molecule has 0 N–H and O–H groups in total. The van der Waals surface area contributed by atoms with Crippen LogP contribution in [-0.4, -0.2) is 7.11 Å². The molecule has 68 valence electrons. The topological polar surface area (TPSA) is 33.0 Å². The standard InChI is InChI=1S/C10H11NOS/c1-7-4-9(12-3)5-8(2)10(7)13-6-11/h4-5H,1-3H3. The molecule has 0 saturated heterocycles. The first-order chi connectivity index (χ1) is 6.19. The van der Waals surface area contributed by atoms with Crippen LogP contribution >= 0.6 is 11.8 Å². The molecule has 13 heavy (non-hydrogen) atoms. The molecule has 2 nitrogen and oxygen atoms in total. The molecule has 0 aliphatic rings. The SMILES string of the molecule is COc1cc(C)c(SC#N)c(C)c1. The molecule has 0 saturated carbocycles. The van der Waals surface area contributed by atoms with Crippen molar-refractivity contribution in [3.05, 3.63) is 23.3 Å². The van der Waals surface area contributed by atoms with E-state index in [1.807, 2.05) is 26.0 Å². The third-order valence-corrected chi connectivity index (χ3v) is 2.76. The summed E-state index contributed by atoms with van der Waals surface area (Å²) in [5.74, 6) is 0.845. The number of rotatable bonds is 2. The monoisotopic (exact) mass is 193 g/mol. The molecule has 0 amide bonds. The Bertz CT molecular complexity index is 331. The van der Waals surface area contributed by atoms with Gasteiger partial charge in [-0.15, -0.1) is 0 Å². The van der Waals surface area contributed by atoms with Crippen molar-refractivity contribution in [3.8, 4) is 11.2 Å². The van der Waals surface area contributed by atoms with Crippen LogP contribution in [-0.2, 0) is 0 Å². The third-order valence-electron chi connectivity index (χ3n) is 1.82. The molecule has 0 spiro atoms. The maximum atomic E-state index is 8.58. The van der Waals surface area contributed by atoms with E-state index in [0.29, 0.717) is 0 Å². The highest BCUT2D eigenvalue weighted by molar-refractivity contribution is 8.03. The van der Waals surface area contributed by atoms with Crippen LogP contribution in [0.15, 0.2) is 17.0 Å². The number of nitrogens with zero attached hydrogens (tertiary/aromatic N) is 1. The highest BCUT2D eigenvalue weighted by Gasteiger charge is 2.05. The van der Waals surface area contributed by atoms with Crippen LogP contribution in [0.4, 0.5) is 0 Å². The molecule has 0 radical (unpaired) electrons. The van der Waals surface area contributed by atoms with E-state index in [1.54, 1.807) is 7.11 Å².